The number of amides is 2. The maximum atomic E-state index is 12.1. The number of benzene rings is 4. The van der Waals surface area contributed by atoms with E-state index in [1.165, 1.54) is 51.5 Å². The van der Waals surface area contributed by atoms with Gasteiger partial charge in [0.1, 0.15) is 18.0 Å². The van der Waals surface area contributed by atoms with Crippen LogP contribution in [0.2, 0.25) is 0 Å². The van der Waals surface area contributed by atoms with Crippen molar-refractivity contribution in [2.75, 3.05) is 28.3 Å². The fourth-order valence-electron chi connectivity index (χ4n) is 4.32. The van der Waals surface area contributed by atoms with E-state index in [1.54, 1.807) is 30.3 Å². The second-order valence-electron chi connectivity index (χ2n) is 10.3. The van der Waals surface area contributed by atoms with Gasteiger partial charge in [0.25, 0.3) is 0 Å². The number of hydrogen-bond donors (Lipinski definition) is 7. The van der Waals surface area contributed by atoms with E-state index in [9.17, 15) is 18.0 Å². The number of aromatic nitrogens is 2. The number of carbonyl (C=O) groups excluding carboxylic acids is 2. The molecule has 7 N–H and O–H groups in total. The Morgan fingerprint density at radius 2 is 1.17 bits per heavy atom. The van der Waals surface area contributed by atoms with E-state index in [0.29, 0.717) is 28.5 Å². The molecule has 0 spiro atoms. The molecule has 1 heterocycles. The SMILES string of the molecule is CC(=O)Nc1ccc(B(O)O)cc1.CNS(=O)(=O)c1cccc(Nc2cc(Nc3cccc(-c4ccc(NC(C)=O)cc4)c3)ncn2)c1. The lowest BCUT2D eigenvalue weighted by Crippen LogP contribution is -2.29. The van der Waals surface area contributed by atoms with Crippen LogP contribution in [0.5, 0.6) is 0 Å². The first kappa shape index (κ1) is 35.3. The molecule has 1 aromatic heterocycles. The van der Waals surface area contributed by atoms with Gasteiger partial charge >= 0.3 is 7.12 Å². The lowest BCUT2D eigenvalue weighted by Gasteiger charge is -2.11. The summed E-state index contributed by atoms with van der Waals surface area (Å²) in [5, 5.41) is 29.2. The molecule has 0 fully saturated rings. The number of hydrogen-bond acceptors (Lipinski definition) is 10. The predicted molar refractivity (Wildman–Crippen MR) is 188 cm³/mol. The average Bonchev–Trinajstić information content (AvgIpc) is 3.05. The molecule has 0 aliphatic rings. The fourth-order valence-corrected chi connectivity index (χ4v) is 5.09. The molecule has 0 aliphatic heterocycles. The maximum Gasteiger partial charge on any atom is 0.488 e. The molecule has 13 nitrogen and oxygen atoms in total. The van der Waals surface area contributed by atoms with Crippen molar-refractivity contribution in [1.82, 2.24) is 14.7 Å². The zero-order valence-corrected chi connectivity index (χ0v) is 27.1. The molecule has 0 unspecified atom stereocenters. The van der Waals surface area contributed by atoms with Crippen LogP contribution in [-0.4, -0.2) is 54.4 Å². The molecule has 15 heteroatoms. The van der Waals surface area contributed by atoms with E-state index in [2.05, 4.69) is 36.0 Å². The number of rotatable bonds is 10. The summed E-state index contributed by atoms with van der Waals surface area (Å²) in [7, 11) is -3.65. The van der Waals surface area contributed by atoms with E-state index in [4.69, 9.17) is 10.0 Å². The summed E-state index contributed by atoms with van der Waals surface area (Å²) in [6, 6.07) is 29.9. The second kappa shape index (κ2) is 16.3. The zero-order valence-electron chi connectivity index (χ0n) is 26.3. The van der Waals surface area contributed by atoms with Gasteiger partial charge in [0, 0.05) is 42.7 Å². The summed E-state index contributed by atoms with van der Waals surface area (Å²) >= 11 is 0. The van der Waals surface area contributed by atoms with Gasteiger partial charge in [0.05, 0.1) is 4.90 Å². The highest BCUT2D eigenvalue weighted by Crippen LogP contribution is 2.26. The largest absolute Gasteiger partial charge is 0.488 e. The first-order chi connectivity index (χ1) is 22.9. The van der Waals surface area contributed by atoms with Gasteiger partial charge in [-0.15, -0.1) is 0 Å². The molecular formula is C33H34BN7O6S. The molecule has 0 radical (unpaired) electrons. The molecule has 0 atom stereocenters. The van der Waals surface area contributed by atoms with Crippen molar-refractivity contribution in [3.63, 3.8) is 0 Å². The normalized spacial score (nSPS) is 10.6. The standard InChI is InChI=1S/C25H24N6O3S.C8H10BNO3/c1-17(32)29-20-11-9-18(10-12-20)19-5-3-6-21(13-19)30-24-15-25(28-16-27-24)31-22-7-4-8-23(14-22)35(33,34)26-2;1-6(11)10-8-4-2-7(3-5-8)9(12)13/h3-16,26H,1-2H3,(H,29,32)(H2,27,28,30,31);2-5,12-13H,1H3,(H,10,11). The first-order valence-electron chi connectivity index (χ1n) is 14.5. The first-order valence-corrected chi connectivity index (χ1v) is 16.0. The molecule has 5 rings (SSSR count). The maximum absolute atomic E-state index is 12.1. The highest BCUT2D eigenvalue weighted by atomic mass is 32.2. The molecule has 48 heavy (non-hydrogen) atoms. The Bertz CT molecular complexity index is 1980. The minimum Gasteiger partial charge on any atom is -0.423 e. The summed E-state index contributed by atoms with van der Waals surface area (Å²) in [6.45, 7) is 2.89. The Labute approximate surface area is 278 Å². The van der Waals surface area contributed by atoms with Crippen LogP contribution in [-0.2, 0) is 19.6 Å². The van der Waals surface area contributed by atoms with Gasteiger partial charge in [-0.3, -0.25) is 9.59 Å². The van der Waals surface area contributed by atoms with Crippen LogP contribution < -0.4 is 31.5 Å². The Hall–Kier alpha value is -5.61. The van der Waals surface area contributed by atoms with Crippen LogP contribution in [0.3, 0.4) is 0 Å². The third kappa shape index (κ3) is 10.5. The van der Waals surface area contributed by atoms with Crippen LogP contribution in [0.1, 0.15) is 13.8 Å². The fraction of sp³-hybridized carbons (Fsp3) is 0.0909. The van der Waals surface area contributed by atoms with Crippen molar-refractivity contribution in [2.24, 2.45) is 0 Å². The molecule has 0 saturated carbocycles. The van der Waals surface area contributed by atoms with Crippen LogP contribution >= 0.6 is 0 Å². The minimum absolute atomic E-state index is 0.113. The van der Waals surface area contributed by atoms with Crippen molar-refractivity contribution in [3.05, 3.63) is 109 Å². The molecule has 0 saturated heterocycles. The van der Waals surface area contributed by atoms with Crippen molar-refractivity contribution < 1.29 is 28.1 Å². The van der Waals surface area contributed by atoms with Gasteiger partial charge in [0.15, 0.2) is 0 Å². The molecule has 4 aromatic carbocycles. The Balaban J connectivity index is 0.000000336. The monoisotopic (exact) mass is 667 g/mol. The molecule has 246 valence electrons. The number of anilines is 6. The lowest BCUT2D eigenvalue weighted by atomic mass is 9.80. The highest BCUT2D eigenvalue weighted by molar-refractivity contribution is 7.89. The second-order valence-corrected chi connectivity index (χ2v) is 12.2. The van der Waals surface area contributed by atoms with E-state index in [-0.39, 0.29) is 16.7 Å². The third-order valence-electron chi connectivity index (χ3n) is 6.56. The topological polar surface area (TPSA) is 195 Å². The van der Waals surface area contributed by atoms with Crippen LogP contribution in [0.25, 0.3) is 11.1 Å². The zero-order chi connectivity index (χ0) is 34.7. The lowest BCUT2D eigenvalue weighted by molar-refractivity contribution is -0.115. The summed E-state index contributed by atoms with van der Waals surface area (Å²) in [4.78, 5) is 30.5. The van der Waals surface area contributed by atoms with Gasteiger partial charge in [-0.1, -0.05) is 42.5 Å². The predicted octanol–water partition coefficient (Wildman–Crippen LogP) is 3.82. The van der Waals surface area contributed by atoms with Crippen molar-refractivity contribution >= 4 is 68.8 Å². The van der Waals surface area contributed by atoms with Crippen molar-refractivity contribution in [3.8, 4) is 11.1 Å². The summed E-state index contributed by atoms with van der Waals surface area (Å²) in [5.74, 6) is 0.807. The quantitative estimate of drug-likeness (QED) is 0.108. The molecule has 0 bridgehead atoms. The van der Waals surface area contributed by atoms with E-state index in [0.717, 1.165) is 22.5 Å². The number of carbonyl (C=O) groups is 2. The molecule has 2 amide bonds. The Kier molecular flexibility index (Phi) is 12.0. The van der Waals surface area contributed by atoms with E-state index >= 15 is 0 Å². The van der Waals surface area contributed by atoms with Gasteiger partial charge in [-0.05, 0) is 78.2 Å². The minimum atomic E-state index is -3.55. The van der Waals surface area contributed by atoms with Gasteiger partial charge in [0.2, 0.25) is 21.8 Å². The van der Waals surface area contributed by atoms with E-state index in [1.807, 2.05) is 48.5 Å². The highest BCUT2D eigenvalue weighted by Gasteiger charge is 2.12. The van der Waals surface area contributed by atoms with E-state index < -0.39 is 17.1 Å². The third-order valence-corrected chi connectivity index (χ3v) is 7.97. The summed E-state index contributed by atoms with van der Waals surface area (Å²) in [5.41, 5.74) is 5.19. The molecule has 0 aliphatic carbocycles. The number of sulfonamides is 1. The molecule has 5 aromatic rings. The molecular weight excluding hydrogens is 633 g/mol. The number of nitrogens with zero attached hydrogens (tertiary/aromatic N) is 2. The van der Waals surface area contributed by atoms with Crippen LogP contribution in [0, 0.1) is 0 Å². The smallest absolute Gasteiger partial charge is 0.423 e. The van der Waals surface area contributed by atoms with Gasteiger partial charge in [-0.2, -0.15) is 0 Å². The van der Waals surface area contributed by atoms with Crippen molar-refractivity contribution in [2.45, 2.75) is 18.7 Å². The average molecular weight is 668 g/mol. The summed E-state index contributed by atoms with van der Waals surface area (Å²) < 4.78 is 26.4. The Morgan fingerprint density at radius 3 is 1.69 bits per heavy atom. The Morgan fingerprint density at radius 1 is 0.646 bits per heavy atom. The van der Waals surface area contributed by atoms with Gasteiger partial charge in [-0.25, -0.2) is 23.1 Å². The number of nitrogens with one attached hydrogen (secondary N) is 5. The summed E-state index contributed by atoms with van der Waals surface area (Å²) in [6.07, 6.45) is 1.42. The van der Waals surface area contributed by atoms with Crippen molar-refractivity contribution in [1.29, 1.82) is 0 Å². The van der Waals surface area contributed by atoms with Crippen LogP contribution in [0.4, 0.5) is 34.4 Å². The van der Waals surface area contributed by atoms with Gasteiger partial charge < -0.3 is 31.3 Å². The van der Waals surface area contributed by atoms with Crippen LogP contribution in [0.15, 0.2) is 114 Å².